The van der Waals surface area contributed by atoms with E-state index in [1.807, 2.05) is 7.05 Å². The highest BCUT2D eigenvalue weighted by Gasteiger charge is 2.42. The van der Waals surface area contributed by atoms with Crippen molar-refractivity contribution in [3.63, 3.8) is 0 Å². The Labute approximate surface area is 169 Å². The van der Waals surface area contributed by atoms with Crippen LogP contribution in [-0.2, 0) is 4.74 Å². The smallest absolute Gasteiger partial charge is 0.193 e. The quantitative estimate of drug-likeness (QED) is 0.476. The Morgan fingerprint density at radius 2 is 1.93 bits per heavy atom. The lowest BCUT2D eigenvalue weighted by Crippen LogP contribution is -2.47. The van der Waals surface area contributed by atoms with E-state index in [2.05, 4.69) is 55.3 Å². The van der Waals surface area contributed by atoms with Crippen LogP contribution >= 0.6 is 0 Å². The summed E-state index contributed by atoms with van der Waals surface area (Å²) in [6, 6.07) is 10.8. The number of rotatable bonds is 5. The highest BCUT2D eigenvalue weighted by atomic mass is 16.5. The Bertz CT molecular complexity index is 636. The summed E-state index contributed by atoms with van der Waals surface area (Å²) in [5.41, 5.74) is 1.74. The summed E-state index contributed by atoms with van der Waals surface area (Å²) in [6.45, 7) is 10.7. The first-order valence-electron chi connectivity index (χ1n) is 10.8. The van der Waals surface area contributed by atoms with Crippen LogP contribution in [0.25, 0.3) is 0 Å². The van der Waals surface area contributed by atoms with Gasteiger partial charge in [0.2, 0.25) is 0 Å². The van der Waals surface area contributed by atoms with E-state index in [1.165, 1.54) is 18.5 Å². The van der Waals surface area contributed by atoms with Crippen LogP contribution in [0.4, 0.5) is 5.69 Å². The number of likely N-dealkylation sites (tertiary alicyclic amines) is 1. The summed E-state index contributed by atoms with van der Waals surface area (Å²) in [7, 11) is 1.90. The third-order valence-corrected chi connectivity index (χ3v) is 6.56. The summed E-state index contributed by atoms with van der Waals surface area (Å²) in [6.07, 6.45) is 3.60. The fourth-order valence-electron chi connectivity index (χ4n) is 4.79. The van der Waals surface area contributed by atoms with Crippen molar-refractivity contribution in [3.05, 3.63) is 30.3 Å². The molecule has 6 nitrogen and oxygen atoms in total. The van der Waals surface area contributed by atoms with Crippen LogP contribution in [0.5, 0.6) is 0 Å². The van der Waals surface area contributed by atoms with E-state index in [0.29, 0.717) is 5.41 Å². The van der Waals surface area contributed by atoms with Crippen molar-refractivity contribution in [2.45, 2.75) is 19.3 Å². The lowest BCUT2D eigenvalue weighted by molar-refractivity contribution is 0.156. The minimum absolute atomic E-state index is 0.385. The van der Waals surface area contributed by atoms with Gasteiger partial charge in [0.25, 0.3) is 0 Å². The molecule has 3 saturated heterocycles. The Kier molecular flexibility index (Phi) is 6.37. The molecule has 0 radical (unpaired) electrons. The van der Waals surface area contributed by atoms with Crippen molar-refractivity contribution < 1.29 is 4.74 Å². The Morgan fingerprint density at radius 3 is 2.64 bits per heavy atom. The van der Waals surface area contributed by atoms with Crippen LogP contribution in [0, 0.1) is 5.41 Å². The van der Waals surface area contributed by atoms with Gasteiger partial charge < -0.3 is 19.9 Å². The fraction of sp³-hybridized carbons (Fsp3) is 0.682. The number of hydrogen-bond donors (Lipinski definition) is 1. The van der Waals surface area contributed by atoms with E-state index >= 15 is 0 Å². The highest BCUT2D eigenvalue weighted by molar-refractivity contribution is 5.80. The summed E-state index contributed by atoms with van der Waals surface area (Å²) in [4.78, 5) is 12.0. The molecule has 0 aromatic heterocycles. The standard InChI is InChI=1S/C22H35N5O/c1-23-21(27-12-8-22(18-27)9-17-28-19-22)24-10-5-11-25-13-15-26(16-14-25)20-6-3-2-4-7-20/h2-4,6-7H,5,8-19H2,1H3,(H,23,24). The van der Waals surface area contributed by atoms with Crippen LogP contribution in [0.3, 0.4) is 0 Å². The molecule has 3 aliphatic heterocycles. The molecular weight excluding hydrogens is 350 g/mol. The second-order valence-corrected chi connectivity index (χ2v) is 8.47. The van der Waals surface area contributed by atoms with Crippen LogP contribution in [0.1, 0.15) is 19.3 Å². The first-order chi connectivity index (χ1) is 13.8. The predicted molar refractivity (Wildman–Crippen MR) is 115 cm³/mol. The first kappa shape index (κ1) is 19.5. The number of hydrogen-bond acceptors (Lipinski definition) is 4. The molecule has 0 aliphatic carbocycles. The van der Waals surface area contributed by atoms with Gasteiger partial charge in [-0.25, -0.2) is 0 Å². The molecule has 4 rings (SSSR count). The molecule has 154 valence electrons. The third-order valence-electron chi connectivity index (χ3n) is 6.56. The number of guanidine groups is 1. The number of para-hydroxylation sites is 1. The largest absolute Gasteiger partial charge is 0.381 e. The number of aliphatic imine (C=N–C) groups is 1. The molecule has 0 saturated carbocycles. The monoisotopic (exact) mass is 385 g/mol. The van der Waals surface area contributed by atoms with Crippen molar-refractivity contribution in [2.24, 2.45) is 10.4 Å². The Hall–Kier alpha value is -1.79. The average Bonchev–Trinajstić information content (AvgIpc) is 3.39. The summed E-state index contributed by atoms with van der Waals surface area (Å²) in [5.74, 6) is 1.07. The number of anilines is 1. The zero-order valence-corrected chi connectivity index (χ0v) is 17.3. The molecule has 0 amide bonds. The van der Waals surface area contributed by atoms with Gasteiger partial charge in [0.1, 0.15) is 0 Å². The van der Waals surface area contributed by atoms with Gasteiger partial charge in [0.15, 0.2) is 5.96 Å². The van der Waals surface area contributed by atoms with E-state index in [4.69, 9.17) is 4.74 Å². The molecule has 3 fully saturated rings. The molecule has 0 bridgehead atoms. The topological polar surface area (TPSA) is 43.3 Å². The van der Waals surface area contributed by atoms with Crippen molar-refractivity contribution in [3.8, 4) is 0 Å². The molecule has 1 N–H and O–H groups in total. The molecule has 1 aromatic carbocycles. The van der Waals surface area contributed by atoms with Crippen molar-refractivity contribution in [1.82, 2.24) is 15.1 Å². The van der Waals surface area contributed by atoms with Crippen LogP contribution in [0.15, 0.2) is 35.3 Å². The predicted octanol–water partition coefficient (Wildman–Crippen LogP) is 1.89. The van der Waals surface area contributed by atoms with Gasteiger partial charge >= 0.3 is 0 Å². The number of nitrogens with zero attached hydrogens (tertiary/aromatic N) is 4. The maximum Gasteiger partial charge on any atom is 0.193 e. The van der Waals surface area contributed by atoms with Crippen LogP contribution in [0.2, 0.25) is 0 Å². The summed E-state index contributed by atoms with van der Waals surface area (Å²) < 4.78 is 5.65. The van der Waals surface area contributed by atoms with Gasteiger partial charge in [0, 0.05) is 70.6 Å². The van der Waals surface area contributed by atoms with E-state index in [9.17, 15) is 0 Å². The van der Waals surface area contributed by atoms with Gasteiger partial charge in [0.05, 0.1) is 6.61 Å². The van der Waals surface area contributed by atoms with Gasteiger partial charge in [-0.1, -0.05) is 18.2 Å². The van der Waals surface area contributed by atoms with Crippen molar-refractivity contribution >= 4 is 11.6 Å². The minimum Gasteiger partial charge on any atom is -0.381 e. The molecule has 1 unspecified atom stereocenters. The number of nitrogens with one attached hydrogen (secondary N) is 1. The second-order valence-electron chi connectivity index (χ2n) is 8.47. The lowest BCUT2D eigenvalue weighted by Gasteiger charge is -2.36. The molecule has 3 aliphatic rings. The van der Waals surface area contributed by atoms with Gasteiger partial charge in [-0.3, -0.25) is 9.89 Å². The van der Waals surface area contributed by atoms with E-state index in [1.54, 1.807) is 0 Å². The summed E-state index contributed by atoms with van der Waals surface area (Å²) >= 11 is 0. The summed E-state index contributed by atoms with van der Waals surface area (Å²) in [5, 5.41) is 3.59. The maximum atomic E-state index is 5.65. The minimum atomic E-state index is 0.385. The molecular formula is C22H35N5O. The average molecular weight is 386 g/mol. The van der Waals surface area contributed by atoms with Crippen molar-refractivity contribution in [1.29, 1.82) is 0 Å². The third kappa shape index (κ3) is 4.61. The zero-order chi connectivity index (χ0) is 19.2. The van der Waals surface area contributed by atoms with Gasteiger partial charge in [-0.2, -0.15) is 0 Å². The van der Waals surface area contributed by atoms with Crippen LogP contribution < -0.4 is 10.2 Å². The van der Waals surface area contributed by atoms with Crippen LogP contribution in [-0.4, -0.2) is 88.4 Å². The molecule has 3 heterocycles. The van der Waals surface area contributed by atoms with Crippen molar-refractivity contribution in [2.75, 3.05) is 77.5 Å². The second kappa shape index (κ2) is 9.14. The van der Waals surface area contributed by atoms with E-state index in [0.717, 1.165) is 78.0 Å². The lowest BCUT2D eigenvalue weighted by atomic mass is 9.87. The van der Waals surface area contributed by atoms with E-state index in [-0.39, 0.29) is 0 Å². The molecule has 6 heteroatoms. The maximum absolute atomic E-state index is 5.65. The van der Waals surface area contributed by atoms with Gasteiger partial charge in [-0.05, 0) is 37.9 Å². The Morgan fingerprint density at radius 1 is 1.11 bits per heavy atom. The molecule has 28 heavy (non-hydrogen) atoms. The Balaban J connectivity index is 1.14. The van der Waals surface area contributed by atoms with E-state index < -0.39 is 0 Å². The first-order valence-corrected chi connectivity index (χ1v) is 10.8. The normalized spacial score (nSPS) is 26.4. The number of benzene rings is 1. The molecule has 1 atom stereocenters. The number of ether oxygens (including phenoxy) is 1. The molecule has 1 spiro atoms. The van der Waals surface area contributed by atoms with Gasteiger partial charge in [-0.15, -0.1) is 0 Å². The SMILES string of the molecule is CN=C(NCCCN1CCN(c2ccccc2)CC1)N1CCC2(CCOC2)C1. The molecule has 1 aromatic rings. The zero-order valence-electron chi connectivity index (χ0n) is 17.3. The number of piperazine rings is 1. The fourth-order valence-corrected chi connectivity index (χ4v) is 4.79. The highest BCUT2D eigenvalue weighted by Crippen LogP contribution is 2.38.